The summed E-state index contributed by atoms with van der Waals surface area (Å²) in [6, 6.07) is 1.60. The number of nitrogens with two attached hydrogens (primary N) is 1. The SMILES string of the molecule is CCC1CCC(C)N1CC1(CN)CCC(C)CC1. The summed E-state index contributed by atoms with van der Waals surface area (Å²) in [5, 5.41) is 0. The van der Waals surface area contributed by atoms with Crippen molar-refractivity contribution >= 4 is 0 Å². The van der Waals surface area contributed by atoms with E-state index in [2.05, 4.69) is 25.7 Å². The molecule has 2 N–H and O–H groups in total. The molecule has 1 aliphatic carbocycles. The van der Waals surface area contributed by atoms with E-state index in [0.717, 1.165) is 24.5 Å². The van der Waals surface area contributed by atoms with Gasteiger partial charge in [-0.25, -0.2) is 0 Å². The Labute approximate surface area is 113 Å². The predicted octanol–water partition coefficient (Wildman–Crippen LogP) is 3.40. The number of hydrogen-bond acceptors (Lipinski definition) is 2. The third-order valence-corrected chi connectivity index (χ3v) is 5.71. The van der Waals surface area contributed by atoms with E-state index in [1.165, 1.54) is 51.5 Å². The van der Waals surface area contributed by atoms with Gasteiger partial charge in [-0.2, -0.15) is 0 Å². The first-order chi connectivity index (χ1) is 8.60. The molecule has 0 aromatic heterocycles. The van der Waals surface area contributed by atoms with Gasteiger partial charge < -0.3 is 5.73 Å². The molecule has 2 fully saturated rings. The first-order valence-corrected chi connectivity index (χ1v) is 8.06. The molecule has 2 nitrogen and oxygen atoms in total. The molecule has 0 radical (unpaired) electrons. The zero-order chi connectivity index (χ0) is 13.2. The largest absolute Gasteiger partial charge is 0.330 e. The summed E-state index contributed by atoms with van der Waals surface area (Å²) in [6.07, 6.45) is 9.56. The van der Waals surface area contributed by atoms with Crippen LogP contribution < -0.4 is 5.73 Å². The summed E-state index contributed by atoms with van der Waals surface area (Å²) in [5.74, 6) is 0.919. The van der Waals surface area contributed by atoms with Gasteiger partial charge in [0, 0.05) is 18.6 Å². The van der Waals surface area contributed by atoms with Crippen molar-refractivity contribution in [3.05, 3.63) is 0 Å². The fourth-order valence-electron chi connectivity index (χ4n) is 4.04. The molecular weight excluding hydrogens is 220 g/mol. The van der Waals surface area contributed by atoms with Crippen LogP contribution in [0.1, 0.15) is 65.7 Å². The molecule has 1 saturated heterocycles. The van der Waals surface area contributed by atoms with Gasteiger partial charge in [-0.05, 0) is 56.9 Å². The highest BCUT2D eigenvalue weighted by Gasteiger charge is 2.39. The third kappa shape index (κ3) is 2.91. The van der Waals surface area contributed by atoms with Gasteiger partial charge >= 0.3 is 0 Å². The lowest BCUT2D eigenvalue weighted by atomic mass is 9.70. The van der Waals surface area contributed by atoms with Crippen LogP contribution in [-0.2, 0) is 0 Å². The highest BCUT2D eigenvalue weighted by Crippen LogP contribution is 2.41. The summed E-state index contributed by atoms with van der Waals surface area (Å²) in [4.78, 5) is 2.78. The zero-order valence-corrected chi connectivity index (χ0v) is 12.6. The highest BCUT2D eigenvalue weighted by molar-refractivity contribution is 4.93. The summed E-state index contributed by atoms with van der Waals surface area (Å²) >= 11 is 0. The number of rotatable bonds is 4. The fraction of sp³-hybridized carbons (Fsp3) is 1.00. The molecule has 0 bridgehead atoms. The monoisotopic (exact) mass is 252 g/mol. The van der Waals surface area contributed by atoms with E-state index in [1.807, 2.05) is 0 Å². The Balaban J connectivity index is 2.01. The Kier molecular flexibility index (Phi) is 4.71. The minimum absolute atomic E-state index is 0.429. The van der Waals surface area contributed by atoms with Crippen LogP contribution in [0.5, 0.6) is 0 Å². The van der Waals surface area contributed by atoms with Crippen molar-refractivity contribution in [3.8, 4) is 0 Å². The average Bonchev–Trinajstić information content (AvgIpc) is 2.73. The van der Waals surface area contributed by atoms with Crippen LogP contribution in [0.2, 0.25) is 0 Å². The fourth-order valence-corrected chi connectivity index (χ4v) is 4.04. The summed E-state index contributed by atoms with van der Waals surface area (Å²) < 4.78 is 0. The molecule has 18 heavy (non-hydrogen) atoms. The lowest BCUT2D eigenvalue weighted by molar-refractivity contribution is 0.0685. The van der Waals surface area contributed by atoms with Crippen molar-refractivity contribution in [3.63, 3.8) is 0 Å². The van der Waals surface area contributed by atoms with Crippen molar-refractivity contribution in [1.82, 2.24) is 4.90 Å². The summed E-state index contributed by atoms with van der Waals surface area (Å²) in [7, 11) is 0. The molecule has 2 atom stereocenters. The van der Waals surface area contributed by atoms with Crippen molar-refractivity contribution in [1.29, 1.82) is 0 Å². The van der Waals surface area contributed by atoms with Crippen LogP contribution in [0.25, 0.3) is 0 Å². The molecule has 0 aromatic rings. The molecule has 2 heteroatoms. The van der Waals surface area contributed by atoms with Crippen molar-refractivity contribution in [2.24, 2.45) is 17.1 Å². The van der Waals surface area contributed by atoms with E-state index in [9.17, 15) is 0 Å². The molecule has 1 aliphatic heterocycles. The second-order valence-corrected chi connectivity index (χ2v) is 7.05. The van der Waals surface area contributed by atoms with Gasteiger partial charge in [-0.1, -0.05) is 26.7 Å². The molecule has 1 saturated carbocycles. The lowest BCUT2D eigenvalue weighted by Crippen LogP contribution is -2.48. The highest BCUT2D eigenvalue weighted by atomic mass is 15.2. The van der Waals surface area contributed by atoms with Crippen LogP contribution in [0.3, 0.4) is 0 Å². The topological polar surface area (TPSA) is 29.3 Å². The van der Waals surface area contributed by atoms with Gasteiger partial charge in [0.1, 0.15) is 0 Å². The lowest BCUT2D eigenvalue weighted by Gasteiger charge is -2.43. The van der Waals surface area contributed by atoms with E-state index >= 15 is 0 Å². The summed E-state index contributed by atoms with van der Waals surface area (Å²) in [6.45, 7) is 9.29. The molecule has 0 amide bonds. The second kappa shape index (κ2) is 5.92. The van der Waals surface area contributed by atoms with E-state index in [4.69, 9.17) is 5.73 Å². The van der Waals surface area contributed by atoms with Crippen LogP contribution in [0, 0.1) is 11.3 Å². The molecule has 2 aliphatic rings. The third-order valence-electron chi connectivity index (χ3n) is 5.71. The van der Waals surface area contributed by atoms with Gasteiger partial charge in [0.2, 0.25) is 0 Å². The first kappa shape index (κ1) is 14.3. The quantitative estimate of drug-likeness (QED) is 0.831. The van der Waals surface area contributed by atoms with Gasteiger partial charge in [-0.3, -0.25) is 4.90 Å². The van der Waals surface area contributed by atoms with E-state index in [-0.39, 0.29) is 0 Å². The van der Waals surface area contributed by atoms with E-state index in [1.54, 1.807) is 0 Å². The Morgan fingerprint density at radius 2 is 1.78 bits per heavy atom. The predicted molar refractivity (Wildman–Crippen MR) is 78.6 cm³/mol. The number of nitrogens with zero attached hydrogens (tertiary/aromatic N) is 1. The van der Waals surface area contributed by atoms with Gasteiger partial charge in [0.15, 0.2) is 0 Å². The van der Waals surface area contributed by atoms with Crippen molar-refractivity contribution in [2.75, 3.05) is 13.1 Å². The summed E-state index contributed by atoms with van der Waals surface area (Å²) in [5.41, 5.74) is 6.60. The number of likely N-dealkylation sites (tertiary alicyclic amines) is 1. The van der Waals surface area contributed by atoms with Crippen LogP contribution in [0.15, 0.2) is 0 Å². The molecule has 0 aromatic carbocycles. The molecule has 0 spiro atoms. The van der Waals surface area contributed by atoms with Gasteiger partial charge in [0.05, 0.1) is 0 Å². The Bertz CT molecular complexity index is 256. The first-order valence-electron chi connectivity index (χ1n) is 8.06. The normalized spacial score (nSPS) is 42.3. The van der Waals surface area contributed by atoms with E-state index < -0.39 is 0 Å². The molecular formula is C16H32N2. The van der Waals surface area contributed by atoms with Crippen LogP contribution in [-0.4, -0.2) is 30.1 Å². The standard InChI is InChI=1S/C16H32N2/c1-4-15-6-5-14(3)18(15)12-16(11-17)9-7-13(2)8-10-16/h13-15H,4-12,17H2,1-3H3. The zero-order valence-electron chi connectivity index (χ0n) is 12.6. The van der Waals surface area contributed by atoms with Gasteiger partial charge in [-0.15, -0.1) is 0 Å². The Morgan fingerprint density at radius 3 is 2.33 bits per heavy atom. The van der Waals surface area contributed by atoms with Crippen LogP contribution in [0.4, 0.5) is 0 Å². The van der Waals surface area contributed by atoms with Gasteiger partial charge in [0.25, 0.3) is 0 Å². The van der Waals surface area contributed by atoms with Crippen LogP contribution >= 0.6 is 0 Å². The molecule has 106 valence electrons. The minimum atomic E-state index is 0.429. The maximum Gasteiger partial charge on any atom is 0.00962 e. The molecule has 2 unspecified atom stereocenters. The second-order valence-electron chi connectivity index (χ2n) is 7.05. The molecule has 2 rings (SSSR count). The van der Waals surface area contributed by atoms with Crippen molar-refractivity contribution in [2.45, 2.75) is 77.8 Å². The Hall–Kier alpha value is -0.0800. The smallest absolute Gasteiger partial charge is 0.00962 e. The minimum Gasteiger partial charge on any atom is -0.330 e. The van der Waals surface area contributed by atoms with E-state index in [0.29, 0.717) is 5.41 Å². The maximum atomic E-state index is 6.17. The van der Waals surface area contributed by atoms with Crippen molar-refractivity contribution < 1.29 is 0 Å². The number of hydrogen-bond donors (Lipinski definition) is 1. The average molecular weight is 252 g/mol. The molecule has 1 heterocycles. The maximum absolute atomic E-state index is 6.17. The Morgan fingerprint density at radius 1 is 1.11 bits per heavy atom.